The Balaban J connectivity index is 0.00000128. The maximum absolute atomic E-state index is 10.7. The van der Waals surface area contributed by atoms with Crippen LogP contribution >= 0.6 is 0 Å². The molecule has 1 saturated heterocycles. The molecule has 0 aromatic rings. The number of carbonyl (C=O) groups excluding carboxylic acids is 1. The summed E-state index contributed by atoms with van der Waals surface area (Å²) in [6.45, 7) is 8.97. The van der Waals surface area contributed by atoms with Crippen molar-refractivity contribution in [1.29, 1.82) is 0 Å². The zero-order chi connectivity index (χ0) is 11.2. The van der Waals surface area contributed by atoms with Crippen molar-refractivity contribution in [2.75, 3.05) is 0 Å². The summed E-state index contributed by atoms with van der Waals surface area (Å²) in [6.07, 6.45) is 0.934. The van der Waals surface area contributed by atoms with Crippen molar-refractivity contribution in [3.8, 4) is 0 Å². The van der Waals surface area contributed by atoms with Gasteiger partial charge in [0.05, 0.1) is 0 Å². The Labute approximate surface area is 120 Å². The summed E-state index contributed by atoms with van der Waals surface area (Å²) >= 11 is -2.04. The molecule has 96 valence electrons. The molecule has 1 amide bonds. The molecule has 0 bridgehead atoms. The summed E-state index contributed by atoms with van der Waals surface area (Å²) in [5, 5.41) is 0. The van der Waals surface area contributed by atoms with Crippen LogP contribution in [0.3, 0.4) is 0 Å². The number of carbonyl (C=O) groups is 1. The van der Waals surface area contributed by atoms with Gasteiger partial charge >= 0.3 is 95.5 Å². The quantitative estimate of drug-likeness (QED) is 0.435. The van der Waals surface area contributed by atoms with Gasteiger partial charge in [0.15, 0.2) is 0 Å². The van der Waals surface area contributed by atoms with Gasteiger partial charge in [-0.3, -0.25) is 0 Å². The molecule has 2 aliphatic rings. The van der Waals surface area contributed by atoms with Crippen LogP contribution in [0.25, 0.3) is 0 Å². The third-order valence-corrected chi connectivity index (χ3v) is 10.5. The monoisotopic (exact) mass is 311 g/mol. The third kappa shape index (κ3) is 2.65. The van der Waals surface area contributed by atoms with Gasteiger partial charge in [0.1, 0.15) is 0 Å². The van der Waals surface area contributed by atoms with Crippen LogP contribution in [0.15, 0.2) is 20.6 Å². The number of halogens is 2. The van der Waals surface area contributed by atoms with Gasteiger partial charge in [-0.15, -0.1) is 0 Å². The van der Waals surface area contributed by atoms with Crippen LogP contribution in [0, 0.1) is 5.92 Å². The molecular formula is C12H19Cl2NOTi. The summed E-state index contributed by atoms with van der Waals surface area (Å²) in [7, 11) is 0. The standard InChI is InChI=1S/C9H13.C2H4.CH3NO.2ClH.Ti/c1-6-5-7(2)9(4)8(6)3;1-2;2-1-3;;;/h6H,1-4H3;1-2H2;1H,(H2,2,3);2*1H;/q;;;;;+3/p-3. The van der Waals surface area contributed by atoms with E-state index < -0.39 is 16.8 Å². The van der Waals surface area contributed by atoms with Gasteiger partial charge in [-0.2, -0.15) is 0 Å². The van der Waals surface area contributed by atoms with E-state index in [1.807, 2.05) is 0 Å². The molecule has 1 aliphatic heterocycles. The molecule has 1 N–H and O–H groups in total. The molecule has 17 heavy (non-hydrogen) atoms. The Morgan fingerprint density at radius 3 is 2.00 bits per heavy atom. The minimum atomic E-state index is -2.04. The second-order valence-electron chi connectivity index (χ2n) is 4.91. The van der Waals surface area contributed by atoms with E-state index in [9.17, 15) is 4.79 Å². The fourth-order valence-electron chi connectivity index (χ4n) is 2.87. The molecule has 1 unspecified atom stereocenters. The second-order valence-corrected chi connectivity index (χ2v) is 11.1. The third-order valence-electron chi connectivity index (χ3n) is 4.24. The maximum atomic E-state index is 10.7. The van der Waals surface area contributed by atoms with Crippen molar-refractivity contribution in [1.82, 2.24) is 3.80 Å². The minimum absolute atomic E-state index is 0. The molecule has 0 saturated carbocycles. The summed E-state index contributed by atoms with van der Waals surface area (Å²) in [5.74, 6) is 0.583. The number of hydrogen-bond donors (Lipinski definition) is 1. The normalized spacial score (nSPS) is 23.2. The maximum Gasteiger partial charge on any atom is -1.00 e. The molecule has 0 aromatic carbocycles. The average molecular weight is 312 g/mol. The fourth-order valence-corrected chi connectivity index (χ4v) is 9.80. The fraction of sp³-hybridized carbons (Fsp3) is 0.583. The van der Waals surface area contributed by atoms with Crippen LogP contribution < -0.4 is 28.6 Å². The predicted molar refractivity (Wildman–Crippen MR) is 59.1 cm³/mol. The average Bonchev–Trinajstić information content (AvgIpc) is 2.92. The summed E-state index contributed by atoms with van der Waals surface area (Å²) in [5.41, 5.74) is 4.45. The van der Waals surface area contributed by atoms with Crippen molar-refractivity contribution >= 4 is 6.41 Å². The Kier molecular flexibility index (Phi) is 6.01. The van der Waals surface area contributed by atoms with Gasteiger partial charge in [0.25, 0.3) is 0 Å². The molecular weight excluding hydrogens is 293 g/mol. The number of amides is 1. The van der Waals surface area contributed by atoms with Crippen molar-refractivity contribution < 1.29 is 46.5 Å². The molecule has 0 radical (unpaired) electrons. The number of nitrogens with one attached hydrogen (secondary N) is 1. The van der Waals surface area contributed by atoms with Crippen LogP contribution in [0.2, 0.25) is 9.45 Å². The van der Waals surface area contributed by atoms with Crippen LogP contribution in [0.5, 0.6) is 0 Å². The smallest absolute Gasteiger partial charge is 1.00 e. The van der Waals surface area contributed by atoms with E-state index in [0.29, 0.717) is 5.92 Å². The summed E-state index contributed by atoms with van der Waals surface area (Å²) in [6, 6.07) is 0. The van der Waals surface area contributed by atoms with Crippen molar-refractivity contribution in [3.63, 3.8) is 0 Å². The Bertz CT molecular complexity index is 386. The van der Waals surface area contributed by atoms with Gasteiger partial charge in [-0.1, -0.05) is 0 Å². The largest absolute Gasteiger partial charge is 1.00 e. The van der Waals surface area contributed by atoms with Gasteiger partial charge in [0.2, 0.25) is 0 Å². The van der Waals surface area contributed by atoms with E-state index in [4.69, 9.17) is 0 Å². The molecule has 1 atom stereocenters. The predicted octanol–water partition coefficient (Wildman–Crippen LogP) is -3.08. The van der Waals surface area contributed by atoms with Gasteiger partial charge < -0.3 is 24.8 Å². The van der Waals surface area contributed by atoms with Crippen LogP contribution in [-0.4, -0.2) is 6.41 Å². The van der Waals surface area contributed by atoms with Crippen LogP contribution in [0.1, 0.15) is 27.7 Å². The second kappa shape index (κ2) is 5.92. The first-order chi connectivity index (χ1) is 7.03. The van der Waals surface area contributed by atoms with Crippen LogP contribution in [-0.2, 0) is 21.6 Å². The molecule has 2 rings (SSSR count). The number of hydrogen-bond acceptors (Lipinski definition) is 1. The summed E-state index contributed by atoms with van der Waals surface area (Å²) < 4.78 is 7.41. The van der Waals surface area contributed by atoms with Crippen molar-refractivity contribution in [2.24, 2.45) is 5.92 Å². The van der Waals surface area contributed by atoms with E-state index in [2.05, 4.69) is 31.5 Å². The molecule has 0 aromatic heterocycles. The van der Waals surface area contributed by atoms with Crippen LogP contribution in [0.4, 0.5) is 0 Å². The number of rotatable bonds is 3. The summed E-state index contributed by atoms with van der Waals surface area (Å²) in [4.78, 5) is 10.7. The first-order valence-corrected chi connectivity index (χ1v) is 9.41. The minimum Gasteiger partial charge on any atom is -1.00 e. The van der Waals surface area contributed by atoms with Gasteiger partial charge in [-0.25, -0.2) is 0 Å². The van der Waals surface area contributed by atoms with Gasteiger partial charge in [0, 0.05) is 0 Å². The topological polar surface area (TPSA) is 29.1 Å². The number of allylic oxidation sites excluding steroid dienone is 4. The van der Waals surface area contributed by atoms with E-state index in [1.165, 1.54) is 26.2 Å². The van der Waals surface area contributed by atoms with Crippen molar-refractivity contribution in [2.45, 2.75) is 37.1 Å². The van der Waals surface area contributed by atoms with Gasteiger partial charge in [-0.05, 0) is 0 Å². The van der Waals surface area contributed by atoms with E-state index in [-0.39, 0.29) is 24.8 Å². The first-order valence-electron chi connectivity index (χ1n) is 5.64. The zero-order valence-electron chi connectivity index (χ0n) is 10.7. The van der Waals surface area contributed by atoms with E-state index in [0.717, 1.165) is 6.41 Å². The molecule has 0 spiro atoms. The van der Waals surface area contributed by atoms with Crippen molar-refractivity contribution in [3.05, 3.63) is 20.6 Å². The Morgan fingerprint density at radius 1 is 1.18 bits per heavy atom. The Morgan fingerprint density at radius 2 is 1.71 bits per heavy atom. The van der Waals surface area contributed by atoms with E-state index >= 15 is 0 Å². The first kappa shape index (κ1) is 17.2. The molecule has 5 heteroatoms. The molecule has 1 aliphatic carbocycles. The zero-order valence-corrected chi connectivity index (χ0v) is 13.8. The van der Waals surface area contributed by atoms with E-state index in [1.54, 1.807) is 3.88 Å². The molecule has 1 fully saturated rings. The Hall–Kier alpha value is 0.244. The molecule has 1 heterocycles. The SMILES string of the molecule is CC1=C(C)C(C)[C]([Ti+2]2([NH]C=O)[CH2][CH2]2)=C1C.[Cl-].[Cl-]. The molecule has 2 nitrogen and oxygen atoms in total.